The zero-order valence-corrected chi connectivity index (χ0v) is 17.2. The number of alkyl halides is 3. The molecule has 30 heavy (non-hydrogen) atoms. The third kappa shape index (κ3) is 4.69. The predicted octanol–water partition coefficient (Wildman–Crippen LogP) is 5.03. The van der Waals surface area contributed by atoms with Gasteiger partial charge in [0, 0.05) is 38.6 Å². The Labute approximate surface area is 175 Å². The normalized spacial score (nSPS) is 22.8. The van der Waals surface area contributed by atoms with Gasteiger partial charge in [-0.1, -0.05) is 42.0 Å². The van der Waals surface area contributed by atoms with Gasteiger partial charge in [-0.25, -0.2) is 0 Å². The maximum atomic E-state index is 12.8. The summed E-state index contributed by atoms with van der Waals surface area (Å²) < 4.78 is 38.4. The van der Waals surface area contributed by atoms with Gasteiger partial charge in [-0.2, -0.15) is 13.2 Å². The van der Waals surface area contributed by atoms with E-state index in [-0.39, 0.29) is 11.9 Å². The zero-order chi connectivity index (χ0) is 21.3. The highest BCUT2D eigenvalue weighted by Crippen LogP contribution is 2.34. The molecule has 2 fully saturated rings. The van der Waals surface area contributed by atoms with Crippen LogP contribution in [0.15, 0.2) is 48.5 Å². The number of carbonyl (C=O) groups is 1. The molecular formula is C24H27F3N2O. The van der Waals surface area contributed by atoms with Crippen LogP contribution < -0.4 is 0 Å². The third-order valence-electron chi connectivity index (χ3n) is 6.35. The summed E-state index contributed by atoms with van der Waals surface area (Å²) >= 11 is 0. The van der Waals surface area contributed by atoms with E-state index in [0.29, 0.717) is 18.9 Å². The fourth-order valence-corrected chi connectivity index (χ4v) is 4.84. The molecule has 6 heteroatoms. The van der Waals surface area contributed by atoms with E-state index < -0.39 is 11.7 Å². The minimum Gasteiger partial charge on any atom is -0.335 e. The van der Waals surface area contributed by atoms with Crippen molar-refractivity contribution >= 4 is 5.91 Å². The van der Waals surface area contributed by atoms with Gasteiger partial charge in [-0.05, 0) is 48.9 Å². The predicted molar refractivity (Wildman–Crippen MR) is 110 cm³/mol. The number of amides is 1. The average molecular weight is 416 g/mol. The third-order valence-corrected chi connectivity index (χ3v) is 6.35. The van der Waals surface area contributed by atoms with Crippen LogP contribution in [0.2, 0.25) is 0 Å². The van der Waals surface area contributed by atoms with Crippen molar-refractivity contribution in [2.45, 2.75) is 51.5 Å². The van der Waals surface area contributed by atoms with Crippen LogP contribution in [0.5, 0.6) is 0 Å². The summed E-state index contributed by atoms with van der Waals surface area (Å²) in [4.78, 5) is 17.0. The molecule has 2 atom stereocenters. The molecule has 0 unspecified atom stereocenters. The van der Waals surface area contributed by atoms with Crippen molar-refractivity contribution in [2.75, 3.05) is 13.1 Å². The summed E-state index contributed by atoms with van der Waals surface area (Å²) in [7, 11) is 0. The van der Waals surface area contributed by atoms with E-state index in [1.165, 1.54) is 23.3 Å². The average Bonchev–Trinajstić information content (AvgIpc) is 2.70. The summed E-state index contributed by atoms with van der Waals surface area (Å²) in [6.07, 6.45) is -2.03. The van der Waals surface area contributed by atoms with Crippen molar-refractivity contribution in [1.29, 1.82) is 0 Å². The minimum atomic E-state index is -4.34. The molecule has 2 aromatic rings. The Hall–Kier alpha value is -2.34. The van der Waals surface area contributed by atoms with Gasteiger partial charge >= 0.3 is 6.18 Å². The standard InChI is InChI=1S/C24H27F3N2O/c1-17-3-2-4-19(13-17)14-28-12-11-22-20(16-28)7-10-23(30)29(22)15-18-5-8-21(9-6-18)24(25,26)27/h2-6,8-9,13,20,22H,7,10-12,14-16H2,1H3/t20-,22+/m1/s1. The van der Waals surface area contributed by atoms with Crippen LogP contribution in [-0.2, 0) is 24.1 Å². The van der Waals surface area contributed by atoms with Gasteiger partial charge in [0.1, 0.15) is 0 Å². The SMILES string of the molecule is Cc1cccc(CN2CC[C@H]3[C@H](CCC(=O)N3Cc3ccc(C(F)(F)F)cc3)C2)c1. The fraction of sp³-hybridized carbons (Fsp3) is 0.458. The summed E-state index contributed by atoms with van der Waals surface area (Å²) in [6.45, 7) is 5.27. The first kappa shape index (κ1) is 20.9. The van der Waals surface area contributed by atoms with Crippen LogP contribution in [0.1, 0.15) is 41.5 Å². The van der Waals surface area contributed by atoms with Gasteiger partial charge in [0.25, 0.3) is 0 Å². The molecule has 0 aliphatic carbocycles. The van der Waals surface area contributed by atoms with Gasteiger partial charge < -0.3 is 4.90 Å². The maximum Gasteiger partial charge on any atom is 0.416 e. The molecule has 3 nitrogen and oxygen atoms in total. The van der Waals surface area contributed by atoms with E-state index in [4.69, 9.17) is 0 Å². The second-order valence-corrected chi connectivity index (χ2v) is 8.60. The Morgan fingerprint density at radius 1 is 1.00 bits per heavy atom. The number of benzene rings is 2. The van der Waals surface area contributed by atoms with Gasteiger partial charge in [0.05, 0.1) is 5.56 Å². The molecule has 0 aromatic heterocycles. The lowest BCUT2D eigenvalue weighted by Crippen LogP contribution is -2.55. The monoisotopic (exact) mass is 416 g/mol. The van der Waals surface area contributed by atoms with Crippen LogP contribution in [0.25, 0.3) is 0 Å². The van der Waals surface area contributed by atoms with E-state index >= 15 is 0 Å². The smallest absolute Gasteiger partial charge is 0.335 e. The Balaban J connectivity index is 1.41. The minimum absolute atomic E-state index is 0.114. The summed E-state index contributed by atoms with van der Waals surface area (Å²) in [5, 5.41) is 0. The van der Waals surface area contributed by atoms with Crippen molar-refractivity contribution in [2.24, 2.45) is 5.92 Å². The molecule has 1 amide bonds. The molecule has 0 N–H and O–H groups in total. The summed E-state index contributed by atoms with van der Waals surface area (Å²) in [6, 6.07) is 13.9. The molecule has 2 aliphatic rings. The second kappa shape index (κ2) is 8.42. The highest BCUT2D eigenvalue weighted by Gasteiger charge is 2.39. The first-order valence-corrected chi connectivity index (χ1v) is 10.5. The topological polar surface area (TPSA) is 23.6 Å². The molecule has 2 heterocycles. The number of hydrogen-bond donors (Lipinski definition) is 0. The fourth-order valence-electron chi connectivity index (χ4n) is 4.84. The lowest BCUT2D eigenvalue weighted by Gasteiger charge is -2.47. The van der Waals surface area contributed by atoms with Crippen LogP contribution in [0, 0.1) is 12.8 Å². The Morgan fingerprint density at radius 2 is 1.77 bits per heavy atom. The molecule has 0 spiro atoms. The summed E-state index contributed by atoms with van der Waals surface area (Å²) in [5.74, 6) is 0.527. The zero-order valence-electron chi connectivity index (χ0n) is 17.2. The van der Waals surface area contributed by atoms with Crippen LogP contribution in [0.3, 0.4) is 0 Å². The number of hydrogen-bond acceptors (Lipinski definition) is 2. The van der Waals surface area contributed by atoms with Crippen molar-refractivity contribution in [3.63, 3.8) is 0 Å². The lowest BCUT2D eigenvalue weighted by atomic mass is 9.83. The second-order valence-electron chi connectivity index (χ2n) is 8.60. The van der Waals surface area contributed by atoms with Crippen molar-refractivity contribution in [1.82, 2.24) is 9.80 Å². The number of halogens is 3. The highest BCUT2D eigenvalue weighted by molar-refractivity contribution is 5.77. The van der Waals surface area contributed by atoms with Gasteiger partial charge in [0.2, 0.25) is 5.91 Å². The van der Waals surface area contributed by atoms with E-state index in [0.717, 1.165) is 50.2 Å². The number of rotatable bonds is 4. The number of carbonyl (C=O) groups excluding carboxylic acids is 1. The van der Waals surface area contributed by atoms with E-state index in [1.807, 2.05) is 4.90 Å². The summed E-state index contributed by atoms with van der Waals surface area (Å²) in [5.41, 5.74) is 2.66. The molecule has 0 radical (unpaired) electrons. The molecule has 2 aromatic carbocycles. The van der Waals surface area contributed by atoms with E-state index in [2.05, 4.69) is 36.1 Å². The Morgan fingerprint density at radius 3 is 2.47 bits per heavy atom. The Kier molecular flexibility index (Phi) is 5.87. The lowest BCUT2D eigenvalue weighted by molar-refractivity contribution is -0.142. The first-order valence-electron chi connectivity index (χ1n) is 10.5. The maximum absolute atomic E-state index is 12.8. The number of fused-ring (bicyclic) bond motifs is 1. The quantitative estimate of drug-likeness (QED) is 0.698. The molecular weight excluding hydrogens is 389 g/mol. The van der Waals surface area contributed by atoms with Gasteiger partial charge in [0.15, 0.2) is 0 Å². The Bertz CT molecular complexity index is 894. The van der Waals surface area contributed by atoms with Crippen LogP contribution in [0.4, 0.5) is 13.2 Å². The van der Waals surface area contributed by atoms with Gasteiger partial charge in [-0.3, -0.25) is 9.69 Å². The molecule has 160 valence electrons. The highest BCUT2D eigenvalue weighted by atomic mass is 19.4. The largest absolute Gasteiger partial charge is 0.416 e. The molecule has 0 bridgehead atoms. The van der Waals surface area contributed by atoms with E-state index in [9.17, 15) is 18.0 Å². The van der Waals surface area contributed by atoms with Gasteiger partial charge in [-0.15, -0.1) is 0 Å². The first-order chi connectivity index (χ1) is 14.3. The molecule has 2 saturated heterocycles. The van der Waals surface area contributed by atoms with Crippen molar-refractivity contribution in [3.8, 4) is 0 Å². The van der Waals surface area contributed by atoms with Crippen molar-refractivity contribution in [3.05, 3.63) is 70.8 Å². The molecule has 0 saturated carbocycles. The number of piperidine rings is 2. The molecule has 2 aliphatic heterocycles. The van der Waals surface area contributed by atoms with Crippen molar-refractivity contribution < 1.29 is 18.0 Å². The number of nitrogens with zero attached hydrogens (tertiary/aromatic N) is 2. The van der Waals surface area contributed by atoms with E-state index in [1.54, 1.807) is 0 Å². The van der Waals surface area contributed by atoms with Crippen LogP contribution in [-0.4, -0.2) is 34.8 Å². The van der Waals surface area contributed by atoms with Crippen LogP contribution >= 0.6 is 0 Å². The number of aryl methyl sites for hydroxylation is 1. The number of likely N-dealkylation sites (tertiary alicyclic amines) is 2. The molecule has 4 rings (SSSR count).